The summed E-state index contributed by atoms with van der Waals surface area (Å²) in [5.41, 5.74) is 4.31. The molecule has 2 aromatic rings. The van der Waals surface area contributed by atoms with Gasteiger partial charge in [-0.15, -0.1) is 0 Å². The molecule has 4 rings (SSSR count). The van der Waals surface area contributed by atoms with Gasteiger partial charge in [-0.3, -0.25) is 9.59 Å². The van der Waals surface area contributed by atoms with Gasteiger partial charge < -0.3 is 20.9 Å². The molecule has 1 atom stereocenters. The van der Waals surface area contributed by atoms with Crippen LogP contribution in [0.25, 0.3) is 0 Å². The highest BCUT2D eigenvalue weighted by Crippen LogP contribution is 2.29. The molecule has 7 heteroatoms. The number of amides is 2. The molecule has 3 heterocycles. The molecule has 0 aliphatic carbocycles. The van der Waals surface area contributed by atoms with Crippen LogP contribution in [-0.4, -0.2) is 43.0 Å². The summed E-state index contributed by atoms with van der Waals surface area (Å²) in [6.45, 7) is 9.97. The van der Waals surface area contributed by atoms with Crippen molar-refractivity contribution in [2.45, 2.75) is 52.9 Å². The van der Waals surface area contributed by atoms with Crippen LogP contribution < -0.4 is 20.9 Å². The number of hydrogen-bond acceptors (Lipinski definition) is 5. The van der Waals surface area contributed by atoms with Crippen molar-refractivity contribution < 1.29 is 9.59 Å². The van der Waals surface area contributed by atoms with E-state index < -0.39 is 0 Å². The monoisotopic (exact) mass is 477 g/mol. The Balaban J connectivity index is 1.22. The van der Waals surface area contributed by atoms with E-state index in [2.05, 4.69) is 78.0 Å². The van der Waals surface area contributed by atoms with E-state index in [1.807, 2.05) is 0 Å². The number of aromatic nitrogens is 1. The molecule has 0 bridgehead atoms. The summed E-state index contributed by atoms with van der Waals surface area (Å²) < 4.78 is 0. The van der Waals surface area contributed by atoms with Gasteiger partial charge in [0.1, 0.15) is 5.82 Å². The standard InChI is InChI=1S/C28H39N5O2/c1-19(2)22-12-15-33(16-13-22)26-11-10-25(20(3)31-26)32-24-8-6-21(7-9-24)5-4-14-29-28(35)23-17-27(34)30-18-23/h6-11,19,22-23,32H,4-5,12-18H2,1-3H3,(H,29,35)(H,30,34). The molecule has 2 saturated heterocycles. The third kappa shape index (κ3) is 6.74. The minimum atomic E-state index is -0.225. The lowest BCUT2D eigenvalue weighted by Crippen LogP contribution is -2.35. The van der Waals surface area contributed by atoms with E-state index in [-0.39, 0.29) is 17.7 Å². The molecule has 7 nitrogen and oxygen atoms in total. The van der Waals surface area contributed by atoms with Crippen molar-refractivity contribution in [3.63, 3.8) is 0 Å². The van der Waals surface area contributed by atoms with Gasteiger partial charge in [-0.2, -0.15) is 0 Å². The van der Waals surface area contributed by atoms with Crippen molar-refractivity contribution in [2.75, 3.05) is 36.4 Å². The first kappa shape index (κ1) is 25.0. The van der Waals surface area contributed by atoms with Gasteiger partial charge in [0.05, 0.1) is 17.3 Å². The predicted octanol–water partition coefficient (Wildman–Crippen LogP) is 4.19. The zero-order valence-electron chi connectivity index (χ0n) is 21.3. The van der Waals surface area contributed by atoms with Gasteiger partial charge in [0.15, 0.2) is 0 Å². The summed E-state index contributed by atoms with van der Waals surface area (Å²) in [6, 6.07) is 12.7. The normalized spacial score (nSPS) is 18.6. The third-order valence-electron chi connectivity index (χ3n) is 7.40. The number of pyridine rings is 1. The molecular formula is C28H39N5O2. The molecule has 0 spiro atoms. The number of nitrogens with one attached hydrogen (secondary N) is 3. The zero-order valence-corrected chi connectivity index (χ0v) is 21.3. The van der Waals surface area contributed by atoms with E-state index in [9.17, 15) is 9.59 Å². The van der Waals surface area contributed by atoms with Gasteiger partial charge in [0, 0.05) is 38.3 Å². The largest absolute Gasteiger partial charge is 0.357 e. The van der Waals surface area contributed by atoms with Crippen LogP contribution in [0, 0.1) is 24.7 Å². The molecule has 2 aliphatic rings. The van der Waals surface area contributed by atoms with Crippen LogP contribution in [0.4, 0.5) is 17.2 Å². The first-order chi connectivity index (χ1) is 16.9. The highest BCUT2D eigenvalue weighted by Gasteiger charge is 2.27. The van der Waals surface area contributed by atoms with Crippen molar-refractivity contribution in [1.29, 1.82) is 0 Å². The lowest BCUT2D eigenvalue weighted by Gasteiger charge is -2.34. The maximum Gasteiger partial charge on any atom is 0.225 e. The van der Waals surface area contributed by atoms with Crippen molar-refractivity contribution in [2.24, 2.45) is 17.8 Å². The predicted molar refractivity (Wildman–Crippen MR) is 141 cm³/mol. The van der Waals surface area contributed by atoms with Crippen molar-refractivity contribution >= 4 is 29.0 Å². The Bertz CT molecular complexity index is 1010. The first-order valence-electron chi connectivity index (χ1n) is 13.0. The number of carbonyl (C=O) groups is 2. The maximum atomic E-state index is 12.1. The van der Waals surface area contributed by atoms with E-state index in [1.165, 1.54) is 18.4 Å². The second kappa shape index (κ2) is 11.6. The van der Waals surface area contributed by atoms with Gasteiger partial charge in [-0.25, -0.2) is 4.98 Å². The molecule has 2 fully saturated rings. The molecule has 3 N–H and O–H groups in total. The van der Waals surface area contributed by atoms with Gasteiger partial charge in [-0.1, -0.05) is 26.0 Å². The number of aryl methyl sites for hydroxylation is 2. The lowest BCUT2D eigenvalue weighted by atomic mass is 9.87. The van der Waals surface area contributed by atoms with E-state index in [0.29, 0.717) is 19.5 Å². The number of benzene rings is 1. The molecule has 2 aliphatic heterocycles. The summed E-state index contributed by atoms with van der Waals surface area (Å²) in [5.74, 6) is 2.38. The molecular weight excluding hydrogens is 438 g/mol. The average Bonchev–Trinajstić information content (AvgIpc) is 3.30. The Morgan fingerprint density at radius 2 is 1.89 bits per heavy atom. The zero-order chi connectivity index (χ0) is 24.8. The Kier molecular flexibility index (Phi) is 8.26. The molecule has 2 amide bonds. The van der Waals surface area contributed by atoms with E-state index in [0.717, 1.165) is 60.7 Å². The smallest absolute Gasteiger partial charge is 0.225 e. The average molecular weight is 478 g/mol. The quantitative estimate of drug-likeness (QED) is 0.472. The molecule has 0 radical (unpaired) electrons. The van der Waals surface area contributed by atoms with Crippen LogP contribution in [-0.2, 0) is 16.0 Å². The fourth-order valence-electron chi connectivity index (χ4n) is 5.00. The number of rotatable bonds is 9. The van der Waals surface area contributed by atoms with Crippen molar-refractivity contribution in [1.82, 2.24) is 15.6 Å². The number of nitrogens with zero attached hydrogens (tertiary/aromatic N) is 2. The highest BCUT2D eigenvalue weighted by molar-refractivity contribution is 5.89. The minimum Gasteiger partial charge on any atom is -0.357 e. The van der Waals surface area contributed by atoms with Crippen LogP contribution >= 0.6 is 0 Å². The molecule has 1 unspecified atom stereocenters. The summed E-state index contributed by atoms with van der Waals surface area (Å²) in [5, 5.41) is 9.15. The molecule has 0 saturated carbocycles. The lowest BCUT2D eigenvalue weighted by molar-refractivity contribution is -0.126. The summed E-state index contributed by atoms with van der Waals surface area (Å²) in [6.07, 6.45) is 4.55. The first-order valence-corrected chi connectivity index (χ1v) is 13.0. The topological polar surface area (TPSA) is 86.4 Å². The fraction of sp³-hybridized carbons (Fsp3) is 0.536. The van der Waals surface area contributed by atoms with Crippen LogP contribution in [0.15, 0.2) is 36.4 Å². The van der Waals surface area contributed by atoms with Crippen LogP contribution in [0.5, 0.6) is 0 Å². The van der Waals surface area contributed by atoms with Crippen LogP contribution in [0.1, 0.15) is 50.8 Å². The Hall–Kier alpha value is -3.09. The molecule has 1 aromatic heterocycles. The molecule has 188 valence electrons. The molecule has 1 aromatic carbocycles. The number of anilines is 3. The SMILES string of the molecule is Cc1nc(N2CCC(C(C)C)CC2)ccc1Nc1ccc(CCCNC(=O)C2CNC(=O)C2)cc1. The van der Waals surface area contributed by atoms with E-state index in [4.69, 9.17) is 4.98 Å². The van der Waals surface area contributed by atoms with Crippen LogP contribution in [0.3, 0.4) is 0 Å². The van der Waals surface area contributed by atoms with Crippen molar-refractivity contribution in [3.8, 4) is 0 Å². The summed E-state index contributed by atoms with van der Waals surface area (Å²) >= 11 is 0. The van der Waals surface area contributed by atoms with E-state index >= 15 is 0 Å². The number of hydrogen-bond donors (Lipinski definition) is 3. The summed E-state index contributed by atoms with van der Waals surface area (Å²) in [4.78, 5) is 30.6. The fourth-order valence-corrected chi connectivity index (χ4v) is 5.00. The molecule has 35 heavy (non-hydrogen) atoms. The van der Waals surface area contributed by atoms with Gasteiger partial charge >= 0.3 is 0 Å². The van der Waals surface area contributed by atoms with Crippen LogP contribution in [0.2, 0.25) is 0 Å². The number of piperidine rings is 1. The minimum absolute atomic E-state index is 0.0297. The Morgan fingerprint density at radius 1 is 1.14 bits per heavy atom. The maximum absolute atomic E-state index is 12.1. The van der Waals surface area contributed by atoms with Crippen molar-refractivity contribution in [3.05, 3.63) is 47.7 Å². The van der Waals surface area contributed by atoms with Gasteiger partial charge in [0.25, 0.3) is 0 Å². The number of carbonyl (C=O) groups excluding carboxylic acids is 2. The highest BCUT2D eigenvalue weighted by atomic mass is 16.2. The van der Waals surface area contributed by atoms with Gasteiger partial charge in [0.2, 0.25) is 11.8 Å². The summed E-state index contributed by atoms with van der Waals surface area (Å²) in [7, 11) is 0. The third-order valence-corrected chi connectivity index (χ3v) is 7.40. The van der Waals surface area contributed by atoms with Gasteiger partial charge in [-0.05, 0) is 74.3 Å². The Labute approximate surface area is 209 Å². The second-order valence-corrected chi connectivity index (χ2v) is 10.3. The Morgan fingerprint density at radius 3 is 2.51 bits per heavy atom. The van der Waals surface area contributed by atoms with E-state index in [1.54, 1.807) is 0 Å². The second-order valence-electron chi connectivity index (χ2n) is 10.3.